The molecular formula is C24H27N5O2. The molecule has 1 saturated heterocycles. The molecule has 7 heteroatoms. The number of carbonyl (C=O) groups is 2. The fraction of sp³-hybridized carbons (Fsp3) is 0.333. The van der Waals surface area contributed by atoms with Gasteiger partial charge in [0.2, 0.25) is 5.91 Å². The van der Waals surface area contributed by atoms with Gasteiger partial charge in [-0.1, -0.05) is 26.0 Å². The molecule has 3 aromatic rings. The van der Waals surface area contributed by atoms with Crippen molar-refractivity contribution in [3.63, 3.8) is 0 Å². The number of anilines is 1. The number of amides is 2. The molecule has 2 amide bonds. The monoisotopic (exact) mass is 417 g/mol. The summed E-state index contributed by atoms with van der Waals surface area (Å²) >= 11 is 0. The summed E-state index contributed by atoms with van der Waals surface area (Å²) in [5, 5.41) is 10.1. The summed E-state index contributed by atoms with van der Waals surface area (Å²) in [6, 6.07) is 13.5. The highest BCUT2D eigenvalue weighted by Gasteiger charge is 2.28. The minimum Gasteiger partial charge on any atom is -0.337 e. The standard InChI is InChI=1S/C24H27N5O2/c1-16(2)17-3-5-20(6-4-17)26-23(30)19-9-13-29(14-10-19)24(31)22-15-21(27-28-22)18-7-11-25-12-8-18/h3-8,11-12,15-16,19H,9-10,13-14H2,1-2H3,(H,26,30)(H,27,28). The summed E-state index contributed by atoms with van der Waals surface area (Å²) in [6.07, 6.45) is 4.68. The Bertz CT molecular complexity index is 1040. The number of pyridine rings is 1. The van der Waals surface area contributed by atoms with Crippen LogP contribution in [-0.2, 0) is 4.79 Å². The number of H-pyrrole nitrogens is 1. The molecule has 160 valence electrons. The van der Waals surface area contributed by atoms with Gasteiger partial charge in [0, 0.05) is 42.7 Å². The zero-order chi connectivity index (χ0) is 21.8. The van der Waals surface area contributed by atoms with Gasteiger partial charge in [0.25, 0.3) is 5.91 Å². The number of nitrogens with one attached hydrogen (secondary N) is 2. The van der Waals surface area contributed by atoms with Crippen molar-refractivity contribution in [2.45, 2.75) is 32.6 Å². The molecule has 0 unspecified atom stereocenters. The summed E-state index contributed by atoms with van der Waals surface area (Å²) in [6.45, 7) is 5.39. The maximum atomic E-state index is 12.8. The highest BCUT2D eigenvalue weighted by atomic mass is 16.2. The third-order valence-electron chi connectivity index (χ3n) is 5.78. The average molecular weight is 418 g/mol. The highest BCUT2D eigenvalue weighted by Crippen LogP contribution is 2.23. The number of hydrogen-bond donors (Lipinski definition) is 2. The number of piperidine rings is 1. The van der Waals surface area contributed by atoms with Crippen molar-refractivity contribution in [3.05, 3.63) is 66.1 Å². The average Bonchev–Trinajstić information content (AvgIpc) is 3.30. The molecule has 1 aliphatic rings. The van der Waals surface area contributed by atoms with E-state index in [-0.39, 0.29) is 17.7 Å². The van der Waals surface area contributed by atoms with Crippen LogP contribution in [0.4, 0.5) is 5.69 Å². The summed E-state index contributed by atoms with van der Waals surface area (Å²) in [5.41, 5.74) is 4.13. The highest BCUT2D eigenvalue weighted by molar-refractivity contribution is 5.95. The summed E-state index contributed by atoms with van der Waals surface area (Å²) < 4.78 is 0. The van der Waals surface area contributed by atoms with Gasteiger partial charge in [0.1, 0.15) is 5.69 Å². The van der Waals surface area contributed by atoms with Crippen molar-refractivity contribution in [1.29, 1.82) is 0 Å². The van der Waals surface area contributed by atoms with Crippen LogP contribution in [0.25, 0.3) is 11.3 Å². The Morgan fingerprint density at radius 1 is 1.06 bits per heavy atom. The van der Waals surface area contributed by atoms with E-state index >= 15 is 0 Å². The second-order valence-electron chi connectivity index (χ2n) is 8.24. The Hall–Kier alpha value is -3.48. The smallest absolute Gasteiger partial charge is 0.271 e. The number of aromatic nitrogens is 3. The summed E-state index contributed by atoms with van der Waals surface area (Å²) in [7, 11) is 0. The Balaban J connectivity index is 1.31. The lowest BCUT2D eigenvalue weighted by Gasteiger charge is -2.31. The van der Waals surface area contributed by atoms with Crippen LogP contribution in [0.15, 0.2) is 54.9 Å². The van der Waals surface area contributed by atoms with Gasteiger partial charge in [-0.2, -0.15) is 5.10 Å². The van der Waals surface area contributed by atoms with Gasteiger partial charge in [-0.05, 0) is 54.7 Å². The first-order chi connectivity index (χ1) is 15.0. The molecule has 0 radical (unpaired) electrons. The zero-order valence-corrected chi connectivity index (χ0v) is 17.8. The van der Waals surface area contributed by atoms with E-state index in [2.05, 4.69) is 34.3 Å². The molecule has 1 aromatic carbocycles. The van der Waals surface area contributed by atoms with E-state index in [4.69, 9.17) is 0 Å². The van der Waals surface area contributed by atoms with Crippen molar-refractivity contribution < 1.29 is 9.59 Å². The van der Waals surface area contributed by atoms with Crippen LogP contribution in [0.3, 0.4) is 0 Å². The number of nitrogens with zero attached hydrogens (tertiary/aromatic N) is 3. The molecule has 0 spiro atoms. The largest absolute Gasteiger partial charge is 0.337 e. The molecule has 1 aliphatic heterocycles. The van der Waals surface area contributed by atoms with Gasteiger partial charge in [0.05, 0.1) is 5.69 Å². The number of hydrogen-bond acceptors (Lipinski definition) is 4. The molecule has 7 nitrogen and oxygen atoms in total. The SMILES string of the molecule is CC(C)c1ccc(NC(=O)C2CCN(C(=O)c3cc(-c4ccncc4)n[nH]3)CC2)cc1. The third kappa shape index (κ3) is 4.82. The van der Waals surface area contributed by atoms with E-state index in [0.717, 1.165) is 11.3 Å². The van der Waals surface area contributed by atoms with E-state index in [1.807, 2.05) is 36.4 Å². The fourth-order valence-corrected chi connectivity index (χ4v) is 3.81. The third-order valence-corrected chi connectivity index (χ3v) is 5.78. The number of carbonyl (C=O) groups excluding carboxylic acids is 2. The number of aromatic amines is 1. The van der Waals surface area contributed by atoms with Crippen molar-refractivity contribution in [2.24, 2.45) is 5.92 Å². The lowest BCUT2D eigenvalue weighted by molar-refractivity contribution is -0.121. The van der Waals surface area contributed by atoms with Crippen LogP contribution in [0.1, 0.15) is 48.7 Å². The second-order valence-corrected chi connectivity index (χ2v) is 8.24. The minimum absolute atomic E-state index is 0.0194. The van der Waals surface area contributed by atoms with Crippen LogP contribution in [0, 0.1) is 5.92 Å². The number of likely N-dealkylation sites (tertiary alicyclic amines) is 1. The maximum Gasteiger partial charge on any atom is 0.271 e. The van der Waals surface area contributed by atoms with Crippen molar-refractivity contribution >= 4 is 17.5 Å². The lowest BCUT2D eigenvalue weighted by atomic mass is 9.95. The minimum atomic E-state index is -0.0945. The molecule has 2 aromatic heterocycles. The Morgan fingerprint density at radius 2 is 1.74 bits per heavy atom. The van der Waals surface area contributed by atoms with Crippen molar-refractivity contribution in [3.8, 4) is 11.3 Å². The quantitative estimate of drug-likeness (QED) is 0.654. The first-order valence-corrected chi connectivity index (χ1v) is 10.7. The normalized spacial score (nSPS) is 14.6. The second kappa shape index (κ2) is 9.12. The van der Waals surface area contributed by atoms with Crippen LogP contribution < -0.4 is 5.32 Å². The molecule has 1 fully saturated rings. The molecule has 31 heavy (non-hydrogen) atoms. The van der Waals surface area contributed by atoms with Gasteiger partial charge in [-0.15, -0.1) is 0 Å². The molecular weight excluding hydrogens is 390 g/mol. The van der Waals surface area contributed by atoms with Crippen LogP contribution in [0.2, 0.25) is 0 Å². The summed E-state index contributed by atoms with van der Waals surface area (Å²) in [5.74, 6) is 0.298. The van der Waals surface area contributed by atoms with Crippen molar-refractivity contribution in [2.75, 3.05) is 18.4 Å². The molecule has 0 saturated carbocycles. The van der Waals surface area contributed by atoms with Crippen molar-refractivity contribution in [1.82, 2.24) is 20.1 Å². The number of benzene rings is 1. The van der Waals surface area contributed by atoms with E-state index in [1.165, 1.54) is 5.56 Å². The number of rotatable bonds is 5. The van der Waals surface area contributed by atoms with Gasteiger partial charge >= 0.3 is 0 Å². The molecule has 3 heterocycles. The van der Waals surface area contributed by atoms with E-state index in [0.29, 0.717) is 43.2 Å². The molecule has 4 rings (SSSR count). The molecule has 0 bridgehead atoms. The van der Waals surface area contributed by atoms with Gasteiger partial charge in [0.15, 0.2) is 0 Å². The van der Waals surface area contributed by atoms with Gasteiger partial charge < -0.3 is 10.2 Å². The zero-order valence-electron chi connectivity index (χ0n) is 17.8. The molecule has 0 atom stereocenters. The first-order valence-electron chi connectivity index (χ1n) is 10.7. The Labute approximate surface area is 181 Å². The van der Waals surface area contributed by atoms with Gasteiger partial charge in [-0.3, -0.25) is 19.7 Å². The van der Waals surface area contributed by atoms with E-state index < -0.39 is 0 Å². The molecule has 2 N–H and O–H groups in total. The topological polar surface area (TPSA) is 91.0 Å². The predicted molar refractivity (Wildman–Crippen MR) is 120 cm³/mol. The van der Waals surface area contributed by atoms with Crippen LogP contribution >= 0.6 is 0 Å². The van der Waals surface area contributed by atoms with Crippen LogP contribution in [0.5, 0.6) is 0 Å². The lowest BCUT2D eigenvalue weighted by Crippen LogP contribution is -2.41. The fourth-order valence-electron chi connectivity index (χ4n) is 3.81. The Kier molecular flexibility index (Phi) is 6.11. The van der Waals surface area contributed by atoms with E-state index in [9.17, 15) is 9.59 Å². The Morgan fingerprint density at radius 3 is 2.39 bits per heavy atom. The first kappa shape index (κ1) is 20.8. The van der Waals surface area contributed by atoms with Crippen LogP contribution in [-0.4, -0.2) is 45.0 Å². The predicted octanol–water partition coefficient (Wildman–Crippen LogP) is 4.09. The maximum absolute atomic E-state index is 12.8. The molecule has 0 aliphatic carbocycles. The summed E-state index contributed by atoms with van der Waals surface area (Å²) in [4.78, 5) is 31.3. The van der Waals surface area contributed by atoms with E-state index in [1.54, 1.807) is 23.4 Å². The van der Waals surface area contributed by atoms with Gasteiger partial charge in [-0.25, -0.2) is 0 Å².